The molecular weight excluding hydrogens is 184 g/mol. The normalized spacial score (nSPS) is 21.8. The molecule has 0 amide bonds. The molecule has 1 aliphatic carbocycles. The Morgan fingerprint density at radius 3 is 2.07 bits per heavy atom. The fraction of sp³-hybridized carbons (Fsp3) is 1.00. The Morgan fingerprint density at radius 1 is 1.27 bits per heavy atom. The van der Waals surface area contributed by atoms with Crippen LogP contribution in [-0.2, 0) is 0 Å². The lowest BCUT2D eigenvalue weighted by atomic mass is 9.85. The molecule has 0 aromatic heterocycles. The van der Waals surface area contributed by atoms with Crippen LogP contribution in [0.1, 0.15) is 47.0 Å². The lowest BCUT2D eigenvalue weighted by Crippen LogP contribution is -2.55. The predicted octanol–water partition coefficient (Wildman–Crippen LogP) is 2.48. The van der Waals surface area contributed by atoms with Crippen LogP contribution in [0.15, 0.2) is 0 Å². The van der Waals surface area contributed by atoms with Crippen LogP contribution in [0.5, 0.6) is 0 Å². The molecule has 0 bridgehead atoms. The zero-order valence-electron chi connectivity index (χ0n) is 11.1. The Kier molecular flexibility index (Phi) is 3.83. The van der Waals surface area contributed by atoms with Gasteiger partial charge in [-0.2, -0.15) is 0 Å². The maximum absolute atomic E-state index is 6.04. The molecular formula is C13H28N2. The molecule has 0 radical (unpaired) electrons. The summed E-state index contributed by atoms with van der Waals surface area (Å²) < 4.78 is 0. The first kappa shape index (κ1) is 13.0. The molecule has 15 heavy (non-hydrogen) atoms. The third kappa shape index (κ3) is 2.94. The van der Waals surface area contributed by atoms with Crippen molar-refractivity contribution in [2.24, 2.45) is 17.1 Å². The van der Waals surface area contributed by atoms with E-state index < -0.39 is 0 Å². The summed E-state index contributed by atoms with van der Waals surface area (Å²) in [6.07, 6.45) is 3.93. The summed E-state index contributed by atoms with van der Waals surface area (Å²) in [6, 6.07) is 0. The van der Waals surface area contributed by atoms with Crippen LogP contribution in [0.25, 0.3) is 0 Å². The second-order valence-corrected chi connectivity index (χ2v) is 6.35. The molecule has 2 nitrogen and oxygen atoms in total. The number of hydrogen-bond donors (Lipinski definition) is 1. The summed E-state index contributed by atoms with van der Waals surface area (Å²) in [5.74, 6) is 0.847. The number of nitrogens with two attached hydrogens (primary N) is 1. The van der Waals surface area contributed by atoms with Gasteiger partial charge in [0.25, 0.3) is 0 Å². The third-order valence-electron chi connectivity index (χ3n) is 3.77. The Labute approximate surface area is 95.2 Å². The standard InChI is InChI=1S/C13H28N2/c1-6-13(9-14,11-7-8-11)15(5)10-12(2,3)4/h11H,6-10,14H2,1-5H3. The van der Waals surface area contributed by atoms with Gasteiger partial charge < -0.3 is 5.73 Å². The van der Waals surface area contributed by atoms with E-state index in [2.05, 4.69) is 39.6 Å². The third-order valence-corrected chi connectivity index (χ3v) is 3.77. The average molecular weight is 212 g/mol. The molecule has 1 fully saturated rings. The first-order valence-corrected chi connectivity index (χ1v) is 6.27. The van der Waals surface area contributed by atoms with Gasteiger partial charge in [-0.15, -0.1) is 0 Å². The SMILES string of the molecule is CCC(CN)(C1CC1)N(C)CC(C)(C)C. The zero-order valence-corrected chi connectivity index (χ0v) is 11.1. The van der Waals surface area contributed by atoms with Gasteiger partial charge in [0.2, 0.25) is 0 Å². The van der Waals surface area contributed by atoms with Crippen molar-refractivity contribution >= 4 is 0 Å². The van der Waals surface area contributed by atoms with Crippen molar-refractivity contribution in [3.63, 3.8) is 0 Å². The van der Waals surface area contributed by atoms with Gasteiger partial charge in [0, 0.05) is 18.6 Å². The predicted molar refractivity (Wildman–Crippen MR) is 66.9 cm³/mol. The summed E-state index contributed by atoms with van der Waals surface area (Å²) in [5.41, 5.74) is 6.67. The molecule has 1 saturated carbocycles. The molecule has 1 unspecified atom stereocenters. The van der Waals surface area contributed by atoms with Crippen molar-refractivity contribution in [1.29, 1.82) is 0 Å². The van der Waals surface area contributed by atoms with E-state index in [1.807, 2.05) is 0 Å². The molecule has 1 rings (SSSR count). The van der Waals surface area contributed by atoms with Crippen molar-refractivity contribution < 1.29 is 0 Å². The molecule has 0 saturated heterocycles. The lowest BCUT2D eigenvalue weighted by Gasteiger charge is -2.44. The Bertz CT molecular complexity index is 197. The second-order valence-electron chi connectivity index (χ2n) is 6.35. The number of rotatable bonds is 5. The van der Waals surface area contributed by atoms with Gasteiger partial charge in [-0.3, -0.25) is 4.90 Å². The molecule has 1 atom stereocenters. The molecule has 0 heterocycles. The Morgan fingerprint density at radius 2 is 1.80 bits per heavy atom. The molecule has 1 aliphatic rings. The van der Waals surface area contributed by atoms with E-state index in [1.165, 1.54) is 19.3 Å². The fourth-order valence-corrected chi connectivity index (χ4v) is 2.83. The highest BCUT2D eigenvalue weighted by Gasteiger charge is 2.46. The van der Waals surface area contributed by atoms with E-state index in [0.29, 0.717) is 5.41 Å². The van der Waals surface area contributed by atoms with E-state index in [-0.39, 0.29) is 5.54 Å². The van der Waals surface area contributed by atoms with Gasteiger partial charge in [0.1, 0.15) is 0 Å². The van der Waals surface area contributed by atoms with Gasteiger partial charge in [0.05, 0.1) is 0 Å². The largest absolute Gasteiger partial charge is 0.329 e. The number of likely N-dealkylation sites (N-methyl/N-ethyl adjacent to an activating group) is 1. The molecule has 0 aromatic carbocycles. The van der Waals surface area contributed by atoms with Crippen LogP contribution in [0.4, 0.5) is 0 Å². The first-order chi connectivity index (χ1) is 6.85. The van der Waals surface area contributed by atoms with E-state index >= 15 is 0 Å². The van der Waals surface area contributed by atoms with Crippen LogP contribution in [-0.4, -0.2) is 30.6 Å². The Hall–Kier alpha value is -0.0800. The Balaban J connectivity index is 2.70. The van der Waals surface area contributed by atoms with Gasteiger partial charge in [-0.1, -0.05) is 27.7 Å². The van der Waals surface area contributed by atoms with Crippen LogP contribution < -0.4 is 5.73 Å². The zero-order chi connectivity index (χ0) is 11.7. The fourth-order valence-electron chi connectivity index (χ4n) is 2.83. The second kappa shape index (κ2) is 4.42. The number of nitrogens with zero attached hydrogens (tertiary/aromatic N) is 1. The van der Waals surface area contributed by atoms with Gasteiger partial charge in [-0.05, 0) is 37.6 Å². The van der Waals surface area contributed by atoms with E-state index in [9.17, 15) is 0 Å². The minimum Gasteiger partial charge on any atom is -0.329 e. The van der Waals surface area contributed by atoms with Crippen LogP contribution in [0, 0.1) is 11.3 Å². The van der Waals surface area contributed by atoms with Gasteiger partial charge >= 0.3 is 0 Å². The van der Waals surface area contributed by atoms with E-state index in [4.69, 9.17) is 5.73 Å². The van der Waals surface area contributed by atoms with E-state index in [1.54, 1.807) is 0 Å². The molecule has 0 aromatic rings. The summed E-state index contributed by atoms with van der Waals surface area (Å²) in [5, 5.41) is 0. The summed E-state index contributed by atoms with van der Waals surface area (Å²) >= 11 is 0. The lowest BCUT2D eigenvalue weighted by molar-refractivity contribution is 0.0635. The van der Waals surface area contributed by atoms with Crippen molar-refractivity contribution in [2.75, 3.05) is 20.1 Å². The topological polar surface area (TPSA) is 29.3 Å². The van der Waals surface area contributed by atoms with Crippen molar-refractivity contribution in [3.8, 4) is 0 Å². The maximum atomic E-state index is 6.04. The van der Waals surface area contributed by atoms with E-state index in [0.717, 1.165) is 19.0 Å². The molecule has 0 aliphatic heterocycles. The van der Waals surface area contributed by atoms with Gasteiger partial charge in [0.15, 0.2) is 0 Å². The maximum Gasteiger partial charge on any atom is 0.0354 e. The highest BCUT2D eigenvalue weighted by atomic mass is 15.2. The highest BCUT2D eigenvalue weighted by Crippen LogP contribution is 2.44. The minimum atomic E-state index is 0.271. The van der Waals surface area contributed by atoms with Crippen molar-refractivity contribution in [3.05, 3.63) is 0 Å². The summed E-state index contributed by atoms with van der Waals surface area (Å²) in [4.78, 5) is 2.52. The highest BCUT2D eigenvalue weighted by molar-refractivity contribution is 5.02. The molecule has 2 N–H and O–H groups in total. The number of hydrogen-bond acceptors (Lipinski definition) is 2. The molecule has 0 spiro atoms. The van der Waals surface area contributed by atoms with Gasteiger partial charge in [-0.25, -0.2) is 0 Å². The van der Waals surface area contributed by atoms with Crippen LogP contribution >= 0.6 is 0 Å². The average Bonchev–Trinajstić information content (AvgIpc) is 2.88. The summed E-state index contributed by atoms with van der Waals surface area (Å²) in [7, 11) is 2.25. The molecule has 90 valence electrons. The molecule has 2 heteroatoms. The van der Waals surface area contributed by atoms with Crippen molar-refractivity contribution in [1.82, 2.24) is 4.90 Å². The first-order valence-electron chi connectivity index (χ1n) is 6.27. The minimum absolute atomic E-state index is 0.271. The van der Waals surface area contributed by atoms with Crippen LogP contribution in [0.3, 0.4) is 0 Å². The summed E-state index contributed by atoms with van der Waals surface area (Å²) in [6.45, 7) is 11.1. The van der Waals surface area contributed by atoms with Crippen LogP contribution in [0.2, 0.25) is 0 Å². The quantitative estimate of drug-likeness (QED) is 0.758. The van der Waals surface area contributed by atoms with Crippen molar-refractivity contribution in [2.45, 2.75) is 52.5 Å². The smallest absolute Gasteiger partial charge is 0.0354 e. The monoisotopic (exact) mass is 212 g/mol.